The van der Waals surface area contributed by atoms with Crippen molar-refractivity contribution in [2.75, 3.05) is 26.2 Å². The second-order valence-electron chi connectivity index (χ2n) is 5.98. The molecule has 10 heteroatoms. The molecule has 2 heterocycles. The number of aryl methyl sites for hydroxylation is 1. The highest BCUT2D eigenvalue weighted by Crippen LogP contribution is 2.31. The molecule has 144 valence electrons. The molecular formula is C17H18Cl2N4O3S. The summed E-state index contributed by atoms with van der Waals surface area (Å²) in [6.45, 7) is 2.80. The predicted octanol–water partition coefficient (Wildman–Crippen LogP) is 2.49. The number of carbonyl (C=O) groups excluding carboxylic acids is 1. The van der Waals surface area contributed by atoms with Gasteiger partial charge in [0.15, 0.2) is 0 Å². The minimum absolute atomic E-state index is 0.00620. The molecule has 1 saturated heterocycles. The molecule has 1 aliphatic rings. The van der Waals surface area contributed by atoms with Crippen LogP contribution in [0.25, 0.3) is 0 Å². The van der Waals surface area contributed by atoms with Gasteiger partial charge in [-0.3, -0.25) is 4.79 Å². The third-order valence-corrected chi connectivity index (χ3v) is 7.29. The van der Waals surface area contributed by atoms with E-state index in [2.05, 4.69) is 9.97 Å². The van der Waals surface area contributed by atoms with Gasteiger partial charge in [0, 0.05) is 32.4 Å². The number of nitrogens with zero attached hydrogens (tertiary/aromatic N) is 4. The van der Waals surface area contributed by atoms with Crippen molar-refractivity contribution in [1.82, 2.24) is 19.2 Å². The van der Waals surface area contributed by atoms with E-state index in [0.29, 0.717) is 17.7 Å². The third kappa shape index (κ3) is 3.94. The van der Waals surface area contributed by atoms with Crippen molar-refractivity contribution in [2.45, 2.75) is 18.2 Å². The Bertz CT molecular complexity index is 960. The van der Waals surface area contributed by atoms with Crippen LogP contribution in [0, 0.1) is 0 Å². The number of benzene rings is 1. The van der Waals surface area contributed by atoms with Gasteiger partial charge in [-0.25, -0.2) is 18.4 Å². The highest BCUT2D eigenvalue weighted by molar-refractivity contribution is 7.89. The lowest BCUT2D eigenvalue weighted by atomic mass is 10.1. The molecule has 7 nitrogen and oxygen atoms in total. The van der Waals surface area contributed by atoms with Gasteiger partial charge in [0.2, 0.25) is 10.0 Å². The van der Waals surface area contributed by atoms with Crippen LogP contribution in [0.1, 0.15) is 23.0 Å². The normalized spacial score (nSPS) is 15.7. The van der Waals surface area contributed by atoms with Crippen LogP contribution in [0.4, 0.5) is 0 Å². The second kappa shape index (κ2) is 8.10. The van der Waals surface area contributed by atoms with Crippen LogP contribution < -0.4 is 0 Å². The largest absolute Gasteiger partial charge is 0.336 e. The Morgan fingerprint density at radius 1 is 1.19 bits per heavy atom. The number of sulfonamides is 1. The molecule has 1 fully saturated rings. The lowest BCUT2D eigenvalue weighted by Crippen LogP contribution is -2.50. The Balaban J connectivity index is 1.75. The van der Waals surface area contributed by atoms with Crippen molar-refractivity contribution in [3.63, 3.8) is 0 Å². The zero-order chi connectivity index (χ0) is 19.6. The Labute approximate surface area is 168 Å². The quantitative estimate of drug-likeness (QED) is 0.746. The number of carbonyl (C=O) groups is 1. The first kappa shape index (κ1) is 20.0. The predicted molar refractivity (Wildman–Crippen MR) is 103 cm³/mol. The molecule has 1 aromatic heterocycles. The molecule has 3 rings (SSSR count). The summed E-state index contributed by atoms with van der Waals surface area (Å²) in [5.74, 6) is -0.190. The van der Waals surface area contributed by atoms with Crippen molar-refractivity contribution in [3.8, 4) is 0 Å². The van der Waals surface area contributed by atoms with E-state index in [1.54, 1.807) is 11.0 Å². The summed E-state index contributed by atoms with van der Waals surface area (Å²) in [7, 11) is -3.79. The van der Waals surface area contributed by atoms with Crippen molar-refractivity contribution < 1.29 is 13.2 Å². The Kier molecular flexibility index (Phi) is 6.00. The second-order valence-corrected chi connectivity index (χ2v) is 8.68. The van der Waals surface area contributed by atoms with E-state index >= 15 is 0 Å². The Hall–Kier alpha value is -1.74. The SMILES string of the molecule is CCc1ncncc1C(=O)N1CCN(S(=O)(=O)c2cccc(Cl)c2Cl)CC1. The van der Waals surface area contributed by atoms with Crippen LogP contribution in [-0.4, -0.2) is 59.7 Å². The molecule has 0 radical (unpaired) electrons. The molecule has 0 N–H and O–H groups in total. The van der Waals surface area contributed by atoms with Gasteiger partial charge in [-0.05, 0) is 18.6 Å². The van der Waals surface area contributed by atoms with Gasteiger partial charge in [0.25, 0.3) is 5.91 Å². The Morgan fingerprint density at radius 3 is 2.56 bits per heavy atom. The maximum atomic E-state index is 12.9. The summed E-state index contributed by atoms with van der Waals surface area (Å²) in [5.41, 5.74) is 1.13. The first-order chi connectivity index (χ1) is 12.9. The smallest absolute Gasteiger partial charge is 0.257 e. The molecule has 1 amide bonds. The fraction of sp³-hybridized carbons (Fsp3) is 0.353. The first-order valence-electron chi connectivity index (χ1n) is 8.38. The summed E-state index contributed by atoms with van der Waals surface area (Å²) in [5, 5.41) is 0.189. The van der Waals surface area contributed by atoms with Crippen LogP contribution >= 0.6 is 23.2 Å². The maximum absolute atomic E-state index is 12.9. The van der Waals surface area contributed by atoms with Crippen molar-refractivity contribution in [3.05, 3.63) is 52.0 Å². The van der Waals surface area contributed by atoms with Crippen LogP contribution in [0.3, 0.4) is 0 Å². The van der Waals surface area contributed by atoms with Crippen LogP contribution in [-0.2, 0) is 16.4 Å². The summed E-state index contributed by atoms with van der Waals surface area (Å²) < 4.78 is 27.0. The molecule has 0 saturated carbocycles. The standard InChI is InChI=1S/C17H18Cl2N4O3S/c1-2-14-12(10-20-11-21-14)17(24)22-6-8-23(9-7-22)27(25,26)15-5-3-4-13(18)16(15)19/h3-5,10-11H,2,6-9H2,1H3. The highest BCUT2D eigenvalue weighted by atomic mass is 35.5. The lowest BCUT2D eigenvalue weighted by Gasteiger charge is -2.34. The molecule has 1 aromatic carbocycles. The molecular weight excluding hydrogens is 411 g/mol. The molecule has 0 aliphatic carbocycles. The number of piperazine rings is 1. The fourth-order valence-corrected chi connectivity index (χ4v) is 5.10. The highest BCUT2D eigenvalue weighted by Gasteiger charge is 2.32. The van der Waals surface area contributed by atoms with Crippen LogP contribution in [0.15, 0.2) is 35.6 Å². The van der Waals surface area contributed by atoms with E-state index in [-0.39, 0.29) is 47.0 Å². The number of amides is 1. The minimum atomic E-state index is -3.79. The molecule has 0 atom stereocenters. The van der Waals surface area contributed by atoms with Gasteiger partial charge in [-0.2, -0.15) is 4.31 Å². The van der Waals surface area contributed by atoms with Gasteiger partial charge in [-0.1, -0.05) is 36.2 Å². The number of hydrogen-bond donors (Lipinski definition) is 0. The molecule has 1 aliphatic heterocycles. The number of rotatable bonds is 4. The lowest BCUT2D eigenvalue weighted by molar-refractivity contribution is 0.0695. The average Bonchev–Trinajstić information content (AvgIpc) is 2.69. The Morgan fingerprint density at radius 2 is 1.89 bits per heavy atom. The topological polar surface area (TPSA) is 83.5 Å². The number of hydrogen-bond acceptors (Lipinski definition) is 5. The van der Waals surface area contributed by atoms with Crippen LogP contribution in [0.5, 0.6) is 0 Å². The zero-order valence-electron chi connectivity index (χ0n) is 14.6. The van der Waals surface area contributed by atoms with Crippen molar-refractivity contribution in [2.24, 2.45) is 0 Å². The van der Waals surface area contributed by atoms with E-state index in [0.717, 1.165) is 0 Å². The first-order valence-corrected chi connectivity index (χ1v) is 10.6. The molecule has 27 heavy (non-hydrogen) atoms. The third-order valence-electron chi connectivity index (χ3n) is 4.42. The number of halogens is 2. The zero-order valence-corrected chi connectivity index (χ0v) is 16.9. The fourth-order valence-electron chi connectivity index (χ4n) is 2.94. The summed E-state index contributed by atoms with van der Waals surface area (Å²) >= 11 is 12.0. The molecule has 0 unspecified atom stereocenters. The molecule has 2 aromatic rings. The van der Waals surface area contributed by atoms with Crippen molar-refractivity contribution >= 4 is 39.1 Å². The van der Waals surface area contributed by atoms with E-state index in [9.17, 15) is 13.2 Å². The van der Waals surface area contributed by atoms with E-state index in [1.165, 1.54) is 29.0 Å². The van der Waals surface area contributed by atoms with E-state index in [4.69, 9.17) is 23.2 Å². The molecule has 0 bridgehead atoms. The average molecular weight is 429 g/mol. The van der Waals surface area contributed by atoms with Gasteiger partial charge >= 0.3 is 0 Å². The minimum Gasteiger partial charge on any atom is -0.336 e. The van der Waals surface area contributed by atoms with Gasteiger partial charge in [-0.15, -0.1) is 0 Å². The van der Waals surface area contributed by atoms with Gasteiger partial charge in [0.1, 0.15) is 11.2 Å². The summed E-state index contributed by atoms with van der Waals surface area (Å²) in [6, 6.07) is 4.51. The van der Waals surface area contributed by atoms with Gasteiger partial charge in [0.05, 0.1) is 21.3 Å². The number of aromatic nitrogens is 2. The maximum Gasteiger partial charge on any atom is 0.257 e. The van der Waals surface area contributed by atoms with E-state index < -0.39 is 10.0 Å². The van der Waals surface area contributed by atoms with Crippen molar-refractivity contribution in [1.29, 1.82) is 0 Å². The molecule has 0 spiro atoms. The van der Waals surface area contributed by atoms with Gasteiger partial charge < -0.3 is 4.90 Å². The van der Waals surface area contributed by atoms with E-state index in [1.807, 2.05) is 6.92 Å². The monoisotopic (exact) mass is 428 g/mol. The summed E-state index contributed by atoms with van der Waals surface area (Å²) in [4.78, 5) is 22.4. The van der Waals surface area contributed by atoms with Crippen LogP contribution in [0.2, 0.25) is 10.0 Å². The summed E-state index contributed by atoms with van der Waals surface area (Å²) in [6.07, 6.45) is 3.53.